The molecule has 6 nitrogen and oxygen atoms in total. The summed E-state index contributed by atoms with van der Waals surface area (Å²) in [5.74, 6) is 0.678. The number of amides is 1. The van der Waals surface area contributed by atoms with E-state index in [1.165, 1.54) is 25.7 Å². The van der Waals surface area contributed by atoms with Crippen LogP contribution in [0, 0.1) is 0 Å². The molecule has 7 heteroatoms. The summed E-state index contributed by atoms with van der Waals surface area (Å²) in [4.78, 5) is 12.0. The van der Waals surface area contributed by atoms with Crippen molar-refractivity contribution >= 4 is 18.3 Å². The first-order valence-electron chi connectivity index (χ1n) is 8.09. The summed E-state index contributed by atoms with van der Waals surface area (Å²) in [6.07, 6.45) is 7.96. The van der Waals surface area contributed by atoms with Crippen molar-refractivity contribution in [1.29, 1.82) is 0 Å². The first kappa shape index (κ1) is 17.2. The lowest BCUT2D eigenvalue weighted by Gasteiger charge is -2.13. The van der Waals surface area contributed by atoms with E-state index in [9.17, 15) is 4.79 Å². The predicted octanol–water partition coefficient (Wildman–Crippen LogP) is 1.79. The highest BCUT2D eigenvalue weighted by Gasteiger charge is 2.32. The lowest BCUT2D eigenvalue weighted by molar-refractivity contribution is -0.123. The molecule has 1 aliphatic heterocycles. The highest BCUT2D eigenvalue weighted by molar-refractivity contribution is 5.85. The van der Waals surface area contributed by atoms with Crippen LogP contribution in [0.2, 0.25) is 0 Å². The van der Waals surface area contributed by atoms with Gasteiger partial charge in [0.15, 0.2) is 0 Å². The molecule has 1 amide bonds. The Morgan fingerprint density at radius 3 is 2.82 bits per heavy atom. The first-order chi connectivity index (χ1) is 10.1. The van der Waals surface area contributed by atoms with Crippen molar-refractivity contribution in [1.82, 2.24) is 25.6 Å². The first-order valence-corrected chi connectivity index (χ1v) is 8.09. The third-order valence-corrected chi connectivity index (χ3v) is 4.53. The van der Waals surface area contributed by atoms with Crippen molar-refractivity contribution in [2.24, 2.45) is 0 Å². The van der Waals surface area contributed by atoms with Gasteiger partial charge in [0, 0.05) is 24.7 Å². The van der Waals surface area contributed by atoms with E-state index in [0.717, 1.165) is 18.7 Å². The van der Waals surface area contributed by atoms with Crippen LogP contribution in [0.5, 0.6) is 0 Å². The molecule has 0 spiro atoms. The van der Waals surface area contributed by atoms with E-state index in [2.05, 4.69) is 27.1 Å². The fourth-order valence-corrected chi connectivity index (χ4v) is 3.38. The van der Waals surface area contributed by atoms with E-state index >= 15 is 0 Å². The molecule has 22 heavy (non-hydrogen) atoms. The summed E-state index contributed by atoms with van der Waals surface area (Å²) in [5, 5.41) is 14.9. The van der Waals surface area contributed by atoms with Gasteiger partial charge < -0.3 is 10.6 Å². The standard InChI is InChI=1S/C15H25N5O.ClH/c1-10(2)17-15(21)13-7-12(8-16-13)20-9-14(18-19-20)11-5-3-4-6-11;/h9-13,16H,3-8H2,1-2H3,(H,17,21);1H/t12-,13+;/m1./s1. The third-order valence-electron chi connectivity index (χ3n) is 4.53. The van der Waals surface area contributed by atoms with Gasteiger partial charge in [0.2, 0.25) is 5.91 Å². The molecule has 1 saturated heterocycles. The van der Waals surface area contributed by atoms with Gasteiger partial charge in [-0.15, -0.1) is 17.5 Å². The fourth-order valence-electron chi connectivity index (χ4n) is 3.38. The maximum Gasteiger partial charge on any atom is 0.237 e. The lowest BCUT2D eigenvalue weighted by atomic mass is 10.1. The van der Waals surface area contributed by atoms with Gasteiger partial charge in [-0.3, -0.25) is 4.79 Å². The smallest absolute Gasteiger partial charge is 0.237 e. The van der Waals surface area contributed by atoms with Crippen molar-refractivity contribution in [3.05, 3.63) is 11.9 Å². The molecule has 1 saturated carbocycles. The number of halogens is 1. The summed E-state index contributed by atoms with van der Waals surface area (Å²) in [5.41, 5.74) is 1.13. The van der Waals surface area contributed by atoms with Crippen molar-refractivity contribution < 1.29 is 4.79 Å². The average molecular weight is 328 g/mol. The second-order valence-corrected chi connectivity index (χ2v) is 6.62. The van der Waals surface area contributed by atoms with Crippen LogP contribution in [0.4, 0.5) is 0 Å². The number of nitrogens with zero attached hydrogens (tertiary/aromatic N) is 3. The minimum absolute atomic E-state index is 0. The van der Waals surface area contributed by atoms with Crippen LogP contribution < -0.4 is 10.6 Å². The molecule has 0 radical (unpaired) electrons. The quantitative estimate of drug-likeness (QED) is 0.884. The van der Waals surface area contributed by atoms with Crippen LogP contribution in [-0.4, -0.2) is 39.5 Å². The Kier molecular flexibility index (Phi) is 5.81. The van der Waals surface area contributed by atoms with E-state index in [1.54, 1.807) is 0 Å². The number of rotatable bonds is 4. The highest BCUT2D eigenvalue weighted by atomic mass is 35.5. The summed E-state index contributed by atoms with van der Waals surface area (Å²) in [7, 11) is 0. The predicted molar refractivity (Wildman–Crippen MR) is 87.2 cm³/mol. The lowest BCUT2D eigenvalue weighted by Crippen LogP contribution is -2.43. The summed E-state index contributed by atoms with van der Waals surface area (Å²) in [6.45, 7) is 4.74. The number of nitrogens with one attached hydrogen (secondary N) is 2. The van der Waals surface area contributed by atoms with Gasteiger partial charge in [-0.2, -0.15) is 0 Å². The molecular weight excluding hydrogens is 302 g/mol. The maximum absolute atomic E-state index is 12.0. The maximum atomic E-state index is 12.0. The van der Waals surface area contributed by atoms with Crippen molar-refractivity contribution in [3.63, 3.8) is 0 Å². The van der Waals surface area contributed by atoms with Gasteiger partial charge in [-0.05, 0) is 33.1 Å². The molecule has 0 bridgehead atoms. The van der Waals surface area contributed by atoms with E-state index < -0.39 is 0 Å². The van der Waals surface area contributed by atoms with Gasteiger partial charge in [0.25, 0.3) is 0 Å². The summed E-state index contributed by atoms with van der Waals surface area (Å²) in [6, 6.07) is 0.297. The molecule has 0 unspecified atom stereocenters. The molecule has 2 heterocycles. The van der Waals surface area contributed by atoms with Gasteiger partial charge in [0.1, 0.15) is 0 Å². The van der Waals surface area contributed by atoms with Gasteiger partial charge >= 0.3 is 0 Å². The number of hydrogen-bond donors (Lipinski definition) is 2. The number of aromatic nitrogens is 3. The minimum atomic E-state index is -0.114. The summed E-state index contributed by atoms with van der Waals surface area (Å²) >= 11 is 0. The molecule has 124 valence electrons. The Hall–Kier alpha value is -1.14. The van der Waals surface area contributed by atoms with E-state index in [4.69, 9.17) is 0 Å². The van der Waals surface area contributed by atoms with Gasteiger partial charge in [-0.1, -0.05) is 18.1 Å². The Labute approximate surface area is 137 Å². The minimum Gasteiger partial charge on any atom is -0.353 e. The Morgan fingerprint density at radius 1 is 1.41 bits per heavy atom. The van der Waals surface area contributed by atoms with Crippen molar-refractivity contribution in [3.8, 4) is 0 Å². The Morgan fingerprint density at radius 2 is 2.14 bits per heavy atom. The van der Waals surface area contributed by atoms with Crippen LogP contribution in [0.25, 0.3) is 0 Å². The highest BCUT2D eigenvalue weighted by Crippen LogP contribution is 2.33. The second kappa shape index (κ2) is 7.42. The van der Waals surface area contributed by atoms with E-state index in [-0.39, 0.29) is 36.4 Å². The summed E-state index contributed by atoms with van der Waals surface area (Å²) < 4.78 is 1.95. The molecular formula is C15H26ClN5O. The largest absolute Gasteiger partial charge is 0.353 e. The Bertz CT molecular complexity index is 498. The molecule has 1 aromatic rings. The number of carbonyl (C=O) groups is 1. The fraction of sp³-hybridized carbons (Fsp3) is 0.800. The molecule has 1 aliphatic carbocycles. The molecule has 1 aromatic heterocycles. The zero-order valence-electron chi connectivity index (χ0n) is 13.3. The number of carbonyl (C=O) groups excluding carboxylic acids is 1. The van der Waals surface area contributed by atoms with Gasteiger partial charge in [-0.25, -0.2) is 4.68 Å². The molecule has 2 fully saturated rings. The molecule has 2 atom stereocenters. The van der Waals surface area contributed by atoms with Crippen LogP contribution >= 0.6 is 12.4 Å². The topological polar surface area (TPSA) is 71.8 Å². The normalized spacial score (nSPS) is 25.4. The van der Waals surface area contributed by atoms with Crippen LogP contribution in [0.1, 0.15) is 63.6 Å². The molecule has 0 aromatic carbocycles. The zero-order chi connectivity index (χ0) is 14.8. The third kappa shape index (κ3) is 3.79. The number of hydrogen-bond acceptors (Lipinski definition) is 4. The monoisotopic (exact) mass is 327 g/mol. The van der Waals surface area contributed by atoms with Crippen molar-refractivity contribution in [2.45, 2.75) is 70.0 Å². The molecule has 2 N–H and O–H groups in total. The average Bonchev–Trinajstić information content (AvgIpc) is 3.18. The molecule has 3 rings (SSSR count). The Balaban J connectivity index is 0.00000176. The zero-order valence-corrected chi connectivity index (χ0v) is 14.1. The van der Waals surface area contributed by atoms with Crippen LogP contribution in [-0.2, 0) is 4.79 Å². The van der Waals surface area contributed by atoms with E-state index in [0.29, 0.717) is 5.92 Å². The SMILES string of the molecule is CC(C)NC(=O)[C@@H]1C[C@@H](n2cc(C3CCCC3)nn2)CN1.Cl. The van der Waals surface area contributed by atoms with Crippen LogP contribution in [0.3, 0.4) is 0 Å². The molecule has 2 aliphatic rings. The van der Waals surface area contributed by atoms with Crippen molar-refractivity contribution in [2.75, 3.05) is 6.54 Å². The van der Waals surface area contributed by atoms with E-state index in [1.807, 2.05) is 18.5 Å². The van der Waals surface area contributed by atoms with Crippen LogP contribution in [0.15, 0.2) is 6.20 Å². The second-order valence-electron chi connectivity index (χ2n) is 6.62. The van der Waals surface area contributed by atoms with Gasteiger partial charge in [0.05, 0.1) is 17.8 Å².